The summed E-state index contributed by atoms with van der Waals surface area (Å²) in [7, 11) is 0. The fourth-order valence-electron chi connectivity index (χ4n) is 3.85. The Hall–Kier alpha value is -1.57. The molecule has 2 heterocycles. The number of hydrogen-bond acceptors (Lipinski definition) is 5. The average Bonchev–Trinajstić information content (AvgIpc) is 2.61. The van der Waals surface area contributed by atoms with Gasteiger partial charge in [-0.15, -0.1) is 0 Å². The maximum atomic E-state index is 13.0. The molecule has 2 aliphatic rings. The lowest BCUT2D eigenvalue weighted by Crippen LogP contribution is -2.37. The first-order chi connectivity index (χ1) is 12.0. The van der Waals surface area contributed by atoms with Gasteiger partial charge in [0.05, 0.1) is 5.92 Å². The Kier molecular flexibility index (Phi) is 5.66. The van der Waals surface area contributed by atoms with Gasteiger partial charge in [0.15, 0.2) is 0 Å². The lowest BCUT2D eigenvalue weighted by atomic mass is 9.85. The average molecular weight is 358 g/mol. The molecule has 1 aromatic rings. The quantitative estimate of drug-likeness (QED) is 0.865. The number of anilines is 2. The molecule has 8 heteroatoms. The van der Waals surface area contributed by atoms with Crippen LogP contribution in [0.15, 0.2) is 12.4 Å². The number of hydrogen-bond donors (Lipinski definition) is 2. The van der Waals surface area contributed by atoms with Crippen LogP contribution in [0.3, 0.4) is 0 Å². The van der Waals surface area contributed by atoms with E-state index < -0.39 is 12.1 Å². The predicted molar refractivity (Wildman–Crippen MR) is 89.5 cm³/mol. The van der Waals surface area contributed by atoms with Crippen LogP contribution in [0.25, 0.3) is 0 Å². The molecular weight excluding hydrogens is 333 g/mol. The van der Waals surface area contributed by atoms with Crippen molar-refractivity contribution in [3.8, 4) is 0 Å². The molecule has 0 spiro atoms. The molecule has 1 aliphatic heterocycles. The van der Waals surface area contributed by atoms with Crippen molar-refractivity contribution in [3.63, 3.8) is 0 Å². The zero-order valence-corrected chi connectivity index (χ0v) is 14.2. The van der Waals surface area contributed by atoms with Gasteiger partial charge in [-0.2, -0.15) is 13.2 Å². The number of aromatic nitrogens is 2. The molecule has 1 saturated carbocycles. The Bertz CT molecular complexity index is 569. The van der Waals surface area contributed by atoms with Crippen LogP contribution in [0.2, 0.25) is 0 Å². The normalized spacial score (nSPS) is 28.0. The third-order valence-corrected chi connectivity index (χ3v) is 5.24. The van der Waals surface area contributed by atoms with Gasteiger partial charge >= 0.3 is 6.18 Å². The third kappa shape index (κ3) is 4.74. The molecule has 1 aromatic heterocycles. The molecule has 1 saturated heterocycles. The number of aliphatic hydroxyl groups is 1. The van der Waals surface area contributed by atoms with E-state index in [1.807, 2.05) is 0 Å². The van der Waals surface area contributed by atoms with E-state index in [4.69, 9.17) is 0 Å². The number of rotatable bonds is 4. The second-order valence-corrected chi connectivity index (χ2v) is 7.14. The van der Waals surface area contributed by atoms with Crippen LogP contribution in [0, 0.1) is 11.8 Å². The summed E-state index contributed by atoms with van der Waals surface area (Å²) in [6.07, 6.45) is 0.936. The number of nitrogens with zero attached hydrogens (tertiary/aromatic N) is 3. The number of aliphatic hydroxyl groups excluding tert-OH is 1. The van der Waals surface area contributed by atoms with Gasteiger partial charge in [0.1, 0.15) is 18.0 Å². The summed E-state index contributed by atoms with van der Waals surface area (Å²) >= 11 is 0. The summed E-state index contributed by atoms with van der Waals surface area (Å²) in [4.78, 5) is 10.6. The summed E-state index contributed by atoms with van der Waals surface area (Å²) in [5.74, 6) is 0.348. The van der Waals surface area contributed by atoms with Crippen LogP contribution in [-0.2, 0) is 0 Å². The highest BCUT2D eigenvalue weighted by Crippen LogP contribution is 2.38. The second-order valence-electron chi connectivity index (χ2n) is 7.14. The van der Waals surface area contributed by atoms with Crippen LogP contribution in [0.1, 0.15) is 38.5 Å². The van der Waals surface area contributed by atoms with Crippen molar-refractivity contribution in [2.45, 2.75) is 50.7 Å². The summed E-state index contributed by atoms with van der Waals surface area (Å²) in [5.41, 5.74) is 0. The van der Waals surface area contributed by atoms with Crippen molar-refractivity contribution in [2.24, 2.45) is 11.8 Å². The summed E-state index contributed by atoms with van der Waals surface area (Å²) in [5, 5.41) is 12.5. The zero-order valence-electron chi connectivity index (χ0n) is 14.2. The monoisotopic (exact) mass is 358 g/mol. The van der Waals surface area contributed by atoms with Crippen molar-refractivity contribution in [1.29, 1.82) is 0 Å². The smallest absolute Gasteiger partial charge is 0.391 e. The third-order valence-electron chi connectivity index (χ3n) is 5.24. The van der Waals surface area contributed by atoms with Gasteiger partial charge in [-0.1, -0.05) is 6.42 Å². The summed E-state index contributed by atoms with van der Waals surface area (Å²) in [6.45, 7) is 1.77. The Balaban J connectivity index is 1.63. The van der Waals surface area contributed by atoms with E-state index >= 15 is 0 Å². The van der Waals surface area contributed by atoms with Gasteiger partial charge < -0.3 is 15.3 Å². The fourth-order valence-corrected chi connectivity index (χ4v) is 3.85. The molecule has 0 amide bonds. The first-order valence-corrected chi connectivity index (χ1v) is 8.97. The number of piperidine rings is 1. The van der Waals surface area contributed by atoms with E-state index in [-0.39, 0.29) is 31.4 Å². The second kappa shape index (κ2) is 7.76. The molecule has 3 unspecified atom stereocenters. The number of nitrogens with one attached hydrogen (secondary N) is 1. The van der Waals surface area contributed by atoms with E-state index in [1.54, 1.807) is 6.07 Å². The lowest BCUT2D eigenvalue weighted by molar-refractivity contribution is -0.182. The van der Waals surface area contributed by atoms with Gasteiger partial charge in [-0.3, -0.25) is 0 Å². The van der Waals surface area contributed by atoms with Crippen LogP contribution in [0.4, 0.5) is 24.8 Å². The maximum Gasteiger partial charge on any atom is 0.391 e. The van der Waals surface area contributed by atoms with Crippen molar-refractivity contribution in [1.82, 2.24) is 9.97 Å². The first-order valence-electron chi connectivity index (χ1n) is 8.97. The standard InChI is InChI=1S/C17H25F3N4O/c18-17(19,20)13-4-1-5-14(7-13)23-15-8-16(22-11-21-15)24-6-2-3-12(9-24)10-25/h8,11-14,25H,1-7,9-10H2,(H,21,22,23). The molecule has 0 radical (unpaired) electrons. The molecule has 0 aromatic carbocycles. The molecule has 1 aliphatic carbocycles. The molecule has 0 bridgehead atoms. The number of alkyl halides is 3. The Morgan fingerprint density at radius 2 is 2.04 bits per heavy atom. The molecule has 2 fully saturated rings. The maximum absolute atomic E-state index is 13.0. The van der Waals surface area contributed by atoms with Crippen molar-refractivity contribution < 1.29 is 18.3 Å². The molecule has 2 N–H and O–H groups in total. The van der Waals surface area contributed by atoms with Crippen LogP contribution >= 0.6 is 0 Å². The Morgan fingerprint density at radius 1 is 1.20 bits per heavy atom. The zero-order chi connectivity index (χ0) is 17.9. The molecule has 140 valence electrons. The molecule has 5 nitrogen and oxygen atoms in total. The highest BCUT2D eigenvalue weighted by molar-refractivity contribution is 5.49. The van der Waals surface area contributed by atoms with Crippen molar-refractivity contribution in [3.05, 3.63) is 12.4 Å². The fraction of sp³-hybridized carbons (Fsp3) is 0.765. The lowest BCUT2D eigenvalue weighted by Gasteiger charge is -2.33. The first kappa shape index (κ1) is 18.2. The predicted octanol–water partition coefficient (Wildman–Crippen LogP) is 3.22. The van der Waals surface area contributed by atoms with Crippen LogP contribution in [0.5, 0.6) is 0 Å². The van der Waals surface area contributed by atoms with Crippen molar-refractivity contribution >= 4 is 11.6 Å². The topological polar surface area (TPSA) is 61.3 Å². The minimum absolute atomic E-state index is 0.0964. The largest absolute Gasteiger partial charge is 0.396 e. The van der Waals surface area contributed by atoms with Crippen LogP contribution < -0.4 is 10.2 Å². The van der Waals surface area contributed by atoms with Gasteiger partial charge in [0.2, 0.25) is 0 Å². The molecule has 25 heavy (non-hydrogen) atoms. The van der Waals surface area contributed by atoms with Gasteiger partial charge in [-0.25, -0.2) is 9.97 Å². The van der Waals surface area contributed by atoms with E-state index in [2.05, 4.69) is 20.2 Å². The molecule has 3 atom stereocenters. The van der Waals surface area contributed by atoms with Gasteiger partial charge in [0.25, 0.3) is 0 Å². The van der Waals surface area contributed by atoms with E-state index in [0.717, 1.165) is 38.2 Å². The van der Waals surface area contributed by atoms with E-state index in [0.29, 0.717) is 12.2 Å². The highest BCUT2D eigenvalue weighted by atomic mass is 19.4. The summed E-state index contributed by atoms with van der Waals surface area (Å²) in [6, 6.07) is 1.59. The minimum Gasteiger partial charge on any atom is -0.396 e. The minimum atomic E-state index is -4.12. The van der Waals surface area contributed by atoms with E-state index in [1.165, 1.54) is 6.33 Å². The van der Waals surface area contributed by atoms with Crippen LogP contribution in [-0.4, -0.2) is 47.0 Å². The van der Waals surface area contributed by atoms with E-state index in [9.17, 15) is 18.3 Å². The molecule has 3 rings (SSSR count). The molecular formula is C17H25F3N4O. The Labute approximate surface area is 145 Å². The van der Waals surface area contributed by atoms with Gasteiger partial charge in [0, 0.05) is 31.8 Å². The Morgan fingerprint density at radius 3 is 2.80 bits per heavy atom. The SMILES string of the molecule is OCC1CCCN(c2cc(NC3CCCC(C(F)(F)F)C3)ncn2)C1. The number of halogens is 3. The highest BCUT2D eigenvalue weighted by Gasteiger charge is 2.42. The van der Waals surface area contributed by atoms with Gasteiger partial charge in [-0.05, 0) is 38.0 Å². The summed E-state index contributed by atoms with van der Waals surface area (Å²) < 4.78 is 38.9. The van der Waals surface area contributed by atoms with Crippen molar-refractivity contribution in [2.75, 3.05) is 29.9 Å².